The van der Waals surface area contributed by atoms with Crippen LogP contribution in [0.3, 0.4) is 0 Å². The highest BCUT2D eigenvalue weighted by Gasteiger charge is 2.13. The van der Waals surface area contributed by atoms with Gasteiger partial charge in [-0.1, -0.05) is 25.5 Å². The molecule has 0 aliphatic heterocycles. The molecule has 0 aliphatic rings. The zero-order valence-corrected chi connectivity index (χ0v) is 11.2. The molecular formula is C14H22N2O. The third-order valence-electron chi connectivity index (χ3n) is 2.69. The van der Waals surface area contributed by atoms with E-state index in [0.29, 0.717) is 0 Å². The summed E-state index contributed by atoms with van der Waals surface area (Å²) < 4.78 is 0. The summed E-state index contributed by atoms with van der Waals surface area (Å²) in [6.45, 7) is 4.05. The van der Waals surface area contributed by atoms with Gasteiger partial charge in [-0.15, -0.1) is 0 Å². The van der Waals surface area contributed by atoms with Gasteiger partial charge in [0, 0.05) is 19.8 Å². The van der Waals surface area contributed by atoms with E-state index in [1.165, 1.54) is 5.56 Å². The van der Waals surface area contributed by atoms with E-state index < -0.39 is 0 Å². The second-order valence-electron chi connectivity index (χ2n) is 4.55. The van der Waals surface area contributed by atoms with Gasteiger partial charge in [0.15, 0.2) is 0 Å². The number of rotatable bonds is 5. The Morgan fingerprint density at radius 3 is 2.35 bits per heavy atom. The maximum absolute atomic E-state index is 11.7. The number of nitrogens with zero attached hydrogens (tertiary/aromatic N) is 1. The largest absolute Gasteiger partial charge is 0.374 e. The van der Waals surface area contributed by atoms with Gasteiger partial charge in [0.05, 0.1) is 0 Å². The van der Waals surface area contributed by atoms with Crippen molar-refractivity contribution in [3.8, 4) is 0 Å². The van der Waals surface area contributed by atoms with Gasteiger partial charge in [0.1, 0.15) is 6.04 Å². The molecule has 1 N–H and O–H groups in total. The molecule has 0 heterocycles. The average Bonchev–Trinajstić information content (AvgIpc) is 2.30. The standard InChI is InChI=1S/C14H22N2O/c1-5-6-12-7-9-13(10-8-12)15-11(2)14(17)16(3)4/h7-11,15H,5-6H2,1-4H3. The minimum atomic E-state index is -0.193. The third kappa shape index (κ3) is 4.10. The van der Waals surface area contributed by atoms with Crippen LogP contribution in [0.5, 0.6) is 0 Å². The minimum absolute atomic E-state index is 0.0858. The first kappa shape index (κ1) is 13.6. The molecule has 1 aromatic carbocycles. The molecule has 0 aliphatic carbocycles. The molecular weight excluding hydrogens is 212 g/mol. The van der Waals surface area contributed by atoms with Crippen LogP contribution >= 0.6 is 0 Å². The summed E-state index contributed by atoms with van der Waals surface area (Å²) in [4.78, 5) is 13.3. The molecule has 94 valence electrons. The molecule has 1 rings (SSSR count). The topological polar surface area (TPSA) is 32.3 Å². The first-order chi connectivity index (χ1) is 8.04. The van der Waals surface area contributed by atoms with Gasteiger partial charge in [-0.2, -0.15) is 0 Å². The van der Waals surface area contributed by atoms with Crippen molar-refractivity contribution < 1.29 is 4.79 Å². The second kappa shape index (κ2) is 6.28. The summed E-state index contributed by atoms with van der Waals surface area (Å²) in [6, 6.07) is 8.09. The van der Waals surface area contributed by atoms with Crippen LogP contribution in [0.15, 0.2) is 24.3 Å². The lowest BCUT2D eigenvalue weighted by molar-refractivity contribution is -0.129. The Morgan fingerprint density at radius 2 is 1.88 bits per heavy atom. The van der Waals surface area contributed by atoms with E-state index in [-0.39, 0.29) is 11.9 Å². The number of benzene rings is 1. The average molecular weight is 234 g/mol. The van der Waals surface area contributed by atoms with Gasteiger partial charge in [-0.25, -0.2) is 0 Å². The molecule has 0 bridgehead atoms. The van der Waals surface area contributed by atoms with E-state index in [1.54, 1.807) is 19.0 Å². The molecule has 1 unspecified atom stereocenters. The smallest absolute Gasteiger partial charge is 0.244 e. The number of amides is 1. The summed E-state index contributed by atoms with van der Waals surface area (Å²) >= 11 is 0. The van der Waals surface area contributed by atoms with Crippen LogP contribution in [0.2, 0.25) is 0 Å². The molecule has 1 aromatic rings. The van der Waals surface area contributed by atoms with Crippen LogP contribution in [0, 0.1) is 0 Å². The predicted octanol–water partition coefficient (Wildman–Crippen LogP) is 2.53. The highest BCUT2D eigenvalue weighted by molar-refractivity contribution is 5.83. The zero-order chi connectivity index (χ0) is 12.8. The van der Waals surface area contributed by atoms with Crippen molar-refractivity contribution in [3.05, 3.63) is 29.8 Å². The molecule has 0 saturated heterocycles. The van der Waals surface area contributed by atoms with Crippen LogP contribution in [0.4, 0.5) is 5.69 Å². The van der Waals surface area contributed by atoms with Crippen molar-refractivity contribution in [2.24, 2.45) is 0 Å². The van der Waals surface area contributed by atoms with E-state index in [4.69, 9.17) is 0 Å². The fraction of sp³-hybridized carbons (Fsp3) is 0.500. The maximum atomic E-state index is 11.7. The summed E-state index contributed by atoms with van der Waals surface area (Å²) in [7, 11) is 3.54. The molecule has 3 nitrogen and oxygen atoms in total. The van der Waals surface area contributed by atoms with Crippen molar-refractivity contribution >= 4 is 11.6 Å². The third-order valence-corrected chi connectivity index (χ3v) is 2.69. The summed E-state index contributed by atoms with van der Waals surface area (Å²) in [5, 5.41) is 3.20. The molecule has 1 atom stereocenters. The number of hydrogen-bond acceptors (Lipinski definition) is 2. The Balaban J connectivity index is 2.60. The highest BCUT2D eigenvalue weighted by Crippen LogP contribution is 2.12. The normalized spacial score (nSPS) is 12.0. The number of likely N-dealkylation sites (N-methyl/N-ethyl adjacent to an activating group) is 1. The van der Waals surface area contributed by atoms with Crippen LogP contribution in [0.1, 0.15) is 25.8 Å². The Hall–Kier alpha value is -1.51. The minimum Gasteiger partial charge on any atom is -0.374 e. The SMILES string of the molecule is CCCc1ccc(NC(C)C(=O)N(C)C)cc1. The Kier molecular flexibility index (Phi) is 5.01. The van der Waals surface area contributed by atoms with Crippen molar-refractivity contribution in [2.45, 2.75) is 32.7 Å². The van der Waals surface area contributed by atoms with Gasteiger partial charge in [-0.05, 0) is 31.0 Å². The number of aryl methyl sites for hydroxylation is 1. The molecule has 0 aromatic heterocycles. The van der Waals surface area contributed by atoms with Gasteiger partial charge >= 0.3 is 0 Å². The lowest BCUT2D eigenvalue weighted by atomic mass is 10.1. The lowest BCUT2D eigenvalue weighted by Gasteiger charge is -2.19. The Bertz CT molecular complexity index is 357. The summed E-state index contributed by atoms with van der Waals surface area (Å²) in [5.41, 5.74) is 2.33. The van der Waals surface area contributed by atoms with Gasteiger partial charge < -0.3 is 10.2 Å². The molecule has 0 spiro atoms. The van der Waals surface area contributed by atoms with Crippen LogP contribution in [-0.4, -0.2) is 30.9 Å². The van der Waals surface area contributed by atoms with Gasteiger partial charge in [0.25, 0.3) is 0 Å². The molecule has 3 heteroatoms. The van der Waals surface area contributed by atoms with E-state index in [1.807, 2.05) is 19.1 Å². The summed E-state index contributed by atoms with van der Waals surface area (Å²) in [5.74, 6) is 0.0858. The van der Waals surface area contributed by atoms with Crippen molar-refractivity contribution in [1.29, 1.82) is 0 Å². The molecule has 0 radical (unpaired) electrons. The van der Waals surface area contributed by atoms with E-state index in [9.17, 15) is 4.79 Å². The summed E-state index contributed by atoms with van der Waals surface area (Å²) in [6.07, 6.45) is 2.26. The molecule has 17 heavy (non-hydrogen) atoms. The Labute approximate surface area is 104 Å². The first-order valence-corrected chi connectivity index (χ1v) is 6.11. The van der Waals surface area contributed by atoms with Crippen molar-refractivity contribution in [2.75, 3.05) is 19.4 Å². The number of nitrogens with one attached hydrogen (secondary N) is 1. The maximum Gasteiger partial charge on any atom is 0.244 e. The number of carbonyl (C=O) groups is 1. The second-order valence-corrected chi connectivity index (χ2v) is 4.55. The van der Waals surface area contributed by atoms with E-state index >= 15 is 0 Å². The van der Waals surface area contributed by atoms with Crippen LogP contribution in [-0.2, 0) is 11.2 Å². The quantitative estimate of drug-likeness (QED) is 0.849. The van der Waals surface area contributed by atoms with E-state index in [0.717, 1.165) is 18.5 Å². The van der Waals surface area contributed by atoms with Crippen molar-refractivity contribution in [1.82, 2.24) is 4.90 Å². The monoisotopic (exact) mass is 234 g/mol. The first-order valence-electron chi connectivity index (χ1n) is 6.11. The molecule has 1 amide bonds. The van der Waals surface area contributed by atoms with Crippen LogP contribution in [0.25, 0.3) is 0 Å². The Morgan fingerprint density at radius 1 is 1.29 bits per heavy atom. The van der Waals surface area contributed by atoms with Crippen LogP contribution < -0.4 is 5.32 Å². The molecule has 0 saturated carbocycles. The van der Waals surface area contributed by atoms with Gasteiger partial charge in [-0.3, -0.25) is 4.79 Å². The zero-order valence-electron chi connectivity index (χ0n) is 11.2. The van der Waals surface area contributed by atoms with Gasteiger partial charge in [0.2, 0.25) is 5.91 Å². The van der Waals surface area contributed by atoms with E-state index in [2.05, 4.69) is 24.4 Å². The fourth-order valence-corrected chi connectivity index (χ4v) is 1.76. The number of carbonyl (C=O) groups excluding carboxylic acids is 1. The number of hydrogen-bond donors (Lipinski definition) is 1. The highest BCUT2D eigenvalue weighted by atomic mass is 16.2. The number of anilines is 1. The predicted molar refractivity (Wildman–Crippen MR) is 72.2 cm³/mol. The fourth-order valence-electron chi connectivity index (χ4n) is 1.76. The molecule has 0 fully saturated rings. The van der Waals surface area contributed by atoms with Crippen molar-refractivity contribution in [3.63, 3.8) is 0 Å². The lowest BCUT2D eigenvalue weighted by Crippen LogP contribution is -2.36.